The molecule has 2 N–H and O–H groups in total. The molecule has 0 unspecified atom stereocenters. The highest BCUT2D eigenvalue weighted by molar-refractivity contribution is 6.09. The largest absolute Gasteiger partial charge is 0.490 e. The molecule has 5 nitrogen and oxygen atoms in total. The van der Waals surface area contributed by atoms with Crippen LogP contribution in [0, 0.1) is 0 Å². The molecule has 0 atom stereocenters. The Kier molecular flexibility index (Phi) is 4.53. The molecule has 0 saturated heterocycles. The van der Waals surface area contributed by atoms with Crippen molar-refractivity contribution in [2.24, 2.45) is 5.73 Å². The summed E-state index contributed by atoms with van der Waals surface area (Å²) in [5.74, 6) is 0.442. The van der Waals surface area contributed by atoms with Gasteiger partial charge in [0.15, 0.2) is 0 Å². The molecule has 2 aromatic rings. The van der Waals surface area contributed by atoms with Gasteiger partial charge in [0.1, 0.15) is 11.4 Å². The lowest BCUT2D eigenvalue weighted by Gasteiger charge is -2.12. The lowest BCUT2D eigenvalue weighted by atomic mass is 10.1. The number of rotatable bonds is 6. The Labute approximate surface area is 118 Å². The van der Waals surface area contributed by atoms with Gasteiger partial charge < -0.3 is 15.0 Å². The predicted octanol–water partition coefficient (Wildman–Crippen LogP) is 1.86. The van der Waals surface area contributed by atoms with Crippen molar-refractivity contribution in [3.63, 3.8) is 0 Å². The van der Waals surface area contributed by atoms with Crippen molar-refractivity contribution in [1.29, 1.82) is 0 Å². The monoisotopic (exact) mass is 273 g/mol. The second-order valence-electron chi connectivity index (χ2n) is 4.78. The molecule has 0 radical (unpaired) electrons. The van der Waals surface area contributed by atoms with Gasteiger partial charge >= 0.3 is 0 Å². The Morgan fingerprint density at radius 2 is 2.15 bits per heavy atom. The van der Waals surface area contributed by atoms with Crippen molar-refractivity contribution < 1.29 is 9.53 Å². The summed E-state index contributed by atoms with van der Waals surface area (Å²) >= 11 is 0. The molecule has 106 valence electrons. The molecule has 0 aliphatic rings. The van der Waals surface area contributed by atoms with Crippen molar-refractivity contribution in [3.8, 4) is 5.75 Å². The van der Waals surface area contributed by atoms with Gasteiger partial charge in [-0.05, 0) is 26.0 Å². The third-order valence-corrected chi connectivity index (χ3v) is 2.75. The van der Waals surface area contributed by atoms with E-state index in [1.807, 2.05) is 26.0 Å². The highest BCUT2D eigenvalue weighted by atomic mass is 16.5. The van der Waals surface area contributed by atoms with Crippen LogP contribution in [0.25, 0.3) is 0 Å². The first-order valence-corrected chi connectivity index (χ1v) is 6.64. The summed E-state index contributed by atoms with van der Waals surface area (Å²) in [6, 6.07) is 7.21. The van der Waals surface area contributed by atoms with E-state index in [1.165, 1.54) is 0 Å². The van der Waals surface area contributed by atoms with E-state index in [4.69, 9.17) is 10.5 Å². The van der Waals surface area contributed by atoms with E-state index >= 15 is 0 Å². The van der Waals surface area contributed by atoms with Gasteiger partial charge in [-0.2, -0.15) is 0 Å². The van der Waals surface area contributed by atoms with Crippen LogP contribution in [0.2, 0.25) is 0 Å². The third kappa shape index (κ3) is 3.24. The number of benzene rings is 1. The van der Waals surface area contributed by atoms with Crippen molar-refractivity contribution >= 4 is 5.78 Å². The first-order valence-electron chi connectivity index (χ1n) is 6.64. The molecule has 0 aliphatic heterocycles. The molecule has 0 aliphatic carbocycles. The number of carbonyl (C=O) groups excluding carboxylic acids is 1. The molecule has 1 aromatic carbocycles. The molecule has 20 heavy (non-hydrogen) atoms. The van der Waals surface area contributed by atoms with Crippen LogP contribution in [0.1, 0.15) is 29.9 Å². The van der Waals surface area contributed by atoms with E-state index in [9.17, 15) is 4.79 Å². The summed E-state index contributed by atoms with van der Waals surface area (Å²) in [6.07, 6.45) is 3.34. The first kappa shape index (κ1) is 14.3. The zero-order valence-corrected chi connectivity index (χ0v) is 11.7. The van der Waals surface area contributed by atoms with Gasteiger partial charge in [0.25, 0.3) is 0 Å². The number of nitrogens with two attached hydrogens (primary N) is 1. The summed E-state index contributed by atoms with van der Waals surface area (Å²) < 4.78 is 7.47. The molecule has 0 amide bonds. The fourth-order valence-electron chi connectivity index (χ4n) is 1.90. The Bertz CT molecular complexity index is 590. The predicted molar refractivity (Wildman–Crippen MR) is 76.9 cm³/mol. The number of para-hydroxylation sites is 1. The van der Waals surface area contributed by atoms with Crippen molar-refractivity contribution in [3.05, 3.63) is 48.0 Å². The summed E-state index contributed by atoms with van der Waals surface area (Å²) in [6.45, 7) is 5.01. The van der Waals surface area contributed by atoms with Crippen molar-refractivity contribution in [1.82, 2.24) is 9.55 Å². The van der Waals surface area contributed by atoms with Crippen LogP contribution in [-0.2, 0) is 6.54 Å². The maximum atomic E-state index is 12.5. The first-order chi connectivity index (χ1) is 9.61. The number of aromatic nitrogens is 2. The number of carbonyl (C=O) groups is 1. The quantitative estimate of drug-likeness (QED) is 0.816. The minimum atomic E-state index is -0.142. The summed E-state index contributed by atoms with van der Waals surface area (Å²) in [5, 5.41) is 0. The average Bonchev–Trinajstić information content (AvgIpc) is 2.87. The van der Waals surface area contributed by atoms with E-state index in [-0.39, 0.29) is 11.9 Å². The lowest BCUT2D eigenvalue weighted by molar-refractivity contribution is 0.102. The van der Waals surface area contributed by atoms with Crippen LogP contribution < -0.4 is 10.5 Å². The smallest absolute Gasteiger partial charge is 0.216 e. The number of hydrogen-bond acceptors (Lipinski definition) is 4. The minimum absolute atomic E-state index is 0.0127. The number of hydrogen-bond donors (Lipinski definition) is 1. The van der Waals surface area contributed by atoms with E-state index < -0.39 is 0 Å². The number of nitrogens with zero attached hydrogens (tertiary/aromatic N) is 2. The second-order valence-corrected chi connectivity index (χ2v) is 4.78. The van der Waals surface area contributed by atoms with Crippen LogP contribution in [0.4, 0.5) is 0 Å². The molecule has 5 heteroatoms. The molecule has 1 aromatic heterocycles. The third-order valence-electron chi connectivity index (χ3n) is 2.75. The van der Waals surface area contributed by atoms with Gasteiger partial charge in [0, 0.05) is 19.3 Å². The van der Waals surface area contributed by atoms with E-state index in [0.717, 1.165) is 0 Å². The van der Waals surface area contributed by atoms with Gasteiger partial charge in [-0.25, -0.2) is 4.98 Å². The number of ether oxygens (including phenoxy) is 1. The summed E-state index contributed by atoms with van der Waals surface area (Å²) in [5.41, 5.74) is 6.41. The van der Waals surface area contributed by atoms with Gasteiger partial charge in [-0.3, -0.25) is 4.79 Å². The zero-order valence-electron chi connectivity index (χ0n) is 11.7. The molecule has 0 bridgehead atoms. The maximum absolute atomic E-state index is 12.5. The highest BCUT2D eigenvalue weighted by Gasteiger charge is 2.17. The van der Waals surface area contributed by atoms with Crippen LogP contribution in [0.3, 0.4) is 0 Å². The number of imidazole rings is 1. The SMILES string of the molecule is CC(C)Oc1ccccc1C(=O)c1cn(CCN)cn1. The number of ketones is 1. The van der Waals surface area contributed by atoms with Gasteiger partial charge in [0.2, 0.25) is 5.78 Å². The van der Waals surface area contributed by atoms with Crippen molar-refractivity contribution in [2.75, 3.05) is 6.54 Å². The summed E-state index contributed by atoms with van der Waals surface area (Å²) in [7, 11) is 0. The topological polar surface area (TPSA) is 70.1 Å². The Balaban J connectivity index is 2.27. The fraction of sp³-hybridized carbons (Fsp3) is 0.333. The Morgan fingerprint density at radius 3 is 2.85 bits per heavy atom. The molecular formula is C15H19N3O2. The van der Waals surface area contributed by atoms with Crippen LogP contribution >= 0.6 is 0 Å². The molecule has 0 fully saturated rings. The van der Waals surface area contributed by atoms with Crippen LogP contribution in [-0.4, -0.2) is 28.0 Å². The Hall–Kier alpha value is -2.14. The Morgan fingerprint density at radius 1 is 1.40 bits per heavy atom. The zero-order chi connectivity index (χ0) is 14.5. The molecule has 0 saturated carbocycles. The average molecular weight is 273 g/mol. The normalized spacial score (nSPS) is 10.8. The van der Waals surface area contributed by atoms with Gasteiger partial charge in [-0.1, -0.05) is 12.1 Å². The molecule has 1 heterocycles. The van der Waals surface area contributed by atoms with Crippen LogP contribution in [0.15, 0.2) is 36.8 Å². The van der Waals surface area contributed by atoms with Crippen molar-refractivity contribution in [2.45, 2.75) is 26.5 Å². The van der Waals surface area contributed by atoms with E-state index in [2.05, 4.69) is 4.98 Å². The molecule has 0 spiro atoms. The van der Waals surface area contributed by atoms with Gasteiger partial charge in [-0.15, -0.1) is 0 Å². The second kappa shape index (κ2) is 6.34. The maximum Gasteiger partial charge on any atom is 0.216 e. The minimum Gasteiger partial charge on any atom is -0.490 e. The van der Waals surface area contributed by atoms with E-state index in [1.54, 1.807) is 29.2 Å². The highest BCUT2D eigenvalue weighted by Crippen LogP contribution is 2.22. The van der Waals surface area contributed by atoms with E-state index in [0.29, 0.717) is 30.1 Å². The fourth-order valence-corrected chi connectivity index (χ4v) is 1.90. The standard InChI is InChI=1S/C15H19N3O2/c1-11(2)20-14-6-4-3-5-12(14)15(19)13-9-18(8-7-16)10-17-13/h3-6,9-11H,7-8,16H2,1-2H3. The van der Waals surface area contributed by atoms with Crippen LogP contribution in [0.5, 0.6) is 5.75 Å². The lowest BCUT2D eigenvalue weighted by Crippen LogP contribution is -2.11. The van der Waals surface area contributed by atoms with Gasteiger partial charge in [0.05, 0.1) is 18.0 Å². The summed E-state index contributed by atoms with van der Waals surface area (Å²) in [4.78, 5) is 16.6. The molecule has 2 rings (SSSR count). The molecular weight excluding hydrogens is 254 g/mol.